The lowest BCUT2D eigenvalue weighted by atomic mass is 10.1. The molecule has 0 bridgehead atoms. The Labute approximate surface area is 142 Å². The second-order valence-electron chi connectivity index (χ2n) is 5.45. The van der Waals surface area contributed by atoms with Gasteiger partial charge in [0.2, 0.25) is 0 Å². The molecule has 0 aliphatic heterocycles. The van der Waals surface area contributed by atoms with Crippen LogP contribution in [0.25, 0.3) is 0 Å². The number of thiazole rings is 1. The number of nitrogens with zero attached hydrogens (tertiary/aromatic N) is 3. The van der Waals surface area contributed by atoms with Gasteiger partial charge in [-0.2, -0.15) is 5.10 Å². The number of anilines is 1. The minimum Gasteiger partial charge on any atom is -0.296 e. The fraction of sp³-hybridized carbons (Fsp3) is 0.176. The number of aromatic nitrogens is 3. The maximum absolute atomic E-state index is 12.3. The Hall–Kier alpha value is -2.80. The van der Waals surface area contributed by atoms with Crippen LogP contribution in [0.5, 0.6) is 0 Å². The summed E-state index contributed by atoms with van der Waals surface area (Å²) in [7, 11) is 0. The molecule has 1 N–H and O–H groups in total. The highest BCUT2D eigenvalue weighted by Crippen LogP contribution is 2.15. The van der Waals surface area contributed by atoms with Crippen molar-refractivity contribution in [1.82, 2.24) is 14.8 Å². The monoisotopic (exact) mass is 340 g/mol. The third-order valence-electron chi connectivity index (χ3n) is 3.39. The largest absolute Gasteiger partial charge is 0.296 e. The van der Waals surface area contributed by atoms with Gasteiger partial charge < -0.3 is 0 Å². The molecule has 0 saturated heterocycles. The first-order valence-electron chi connectivity index (χ1n) is 7.38. The van der Waals surface area contributed by atoms with Crippen molar-refractivity contribution in [3.05, 3.63) is 74.6 Å². The van der Waals surface area contributed by atoms with E-state index in [0.717, 1.165) is 16.8 Å². The van der Waals surface area contributed by atoms with Gasteiger partial charge in [0, 0.05) is 11.4 Å². The molecule has 2 aromatic heterocycles. The molecule has 1 aromatic carbocycles. The smallest absolute Gasteiger partial charge is 0.277 e. The predicted molar refractivity (Wildman–Crippen MR) is 93.6 cm³/mol. The summed E-state index contributed by atoms with van der Waals surface area (Å²) in [6.45, 7) is 4.17. The number of hydrogen-bond donors (Lipinski definition) is 1. The molecule has 6 nitrogen and oxygen atoms in total. The molecule has 0 aliphatic carbocycles. The number of benzene rings is 1. The molecular weight excluding hydrogens is 324 g/mol. The summed E-state index contributed by atoms with van der Waals surface area (Å²) >= 11 is 1.34. The fourth-order valence-corrected chi connectivity index (χ4v) is 2.81. The lowest BCUT2D eigenvalue weighted by Crippen LogP contribution is -2.26. The zero-order valence-corrected chi connectivity index (χ0v) is 14.1. The van der Waals surface area contributed by atoms with Gasteiger partial charge in [-0.1, -0.05) is 29.8 Å². The summed E-state index contributed by atoms with van der Waals surface area (Å²) in [5.41, 5.74) is 2.86. The Morgan fingerprint density at radius 1 is 1.17 bits per heavy atom. The first-order valence-corrected chi connectivity index (χ1v) is 8.26. The number of hydrogen-bond acceptors (Lipinski definition) is 5. The van der Waals surface area contributed by atoms with Crippen LogP contribution in [0.2, 0.25) is 0 Å². The third kappa shape index (κ3) is 3.75. The molecule has 1 amide bonds. The maximum Gasteiger partial charge on any atom is 0.277 e. The molecule has 0 saturated carbocycles. The molecule has 122 valence electrons. The van der Waals surface area contributed by atoms with E-state index in [9.17, 15) is 9.59 Å². The van der Waals surface area contributed by atoms with Gasteiger partial charge in [0.05, 0.1) is 12.2 Å². The van der Waals surface area contributed by atoms with Gasteiger partial charge in [0.1, 0.15) is 5.69 Å². The van der Waals surface area contributed by atoms with Crippen LogP contribution in [0.15, 0.2) is 46.6 Å². The topological polar surface area (TPSA) is 76.9 Å². The van der Waals surface area contributed by atoms with Crippen molar-refractivity contribution in [2.45, 2.75) is 20.4 Å². The first-order chi connectivity index (χ1) is 11.5. The molecule has 0 atom stereocenters. The average molecular weight is 340 g/mol. The molecule has 0 aliphatic rings. The predicted octanol–water partition coefficient (Wildman–Crippen LogP) is 2.62. The van der Waals surface area contributed by atoms with Crippen molar-refractivity contribution >= 4 is 22.4 Å². The molecule has 0 radical (unpaired) electrons. The molecular formula is C17H16N4O2S. The molecule has 0 fully saturated rings. The van der Waals surface area contributed by atoms with E-state index in [-0.39, 0.29) is 17.2 Å². The van der Waals surface area contributed by atoms with Crippen LogP contribution in [0, 0.1) is 13.8 Å². The highest BCUT2D eigenvalue weighted by Gasteiger charge is 2.12. The summed E-state index contributed by atoms with van der Waals surface area (Å²) in [5.74, 6) is -0.387. The zero-order valence-electron chi connectivity index (χ0n) is 13.3. The minimum atomic E-state index is -0.387. The SMILES string of the molecule is Cc1ccc(Cn2nc(C(=O)Nc3nc(C)cs3)ccc2=O)cc1. The average Bonchev–Trinajstić information content (AvgIpc) is 2.96. The number of rotatable bonds is 4. The first kappa shape index (κ1) is 16.1. The van der Waals surface area contributed by atoms with Gasteiger partial charge >= 0.3 is 0 Å². The van der Waals surface area contributed by atoms with Gasteiger partial charge in [-0.25, -0.2) is 9.67 Å². The van der Waals surface area contributed by atoms with E-state index >= 15 is 0 Å². The van der Waals surface area contributed by atoms with Crippen LogP contribution < -0.4 is 10.9 Å². The van der Waals surface area contributed by atoms with Crippen LogP contribution >= 0.6 is 11.3 Å². The quantitative estimate of drug-likeness (QED) is 0.792. The van der Waals surface area contributed by atoms with E-state index in [0.29, 0.717) is 11.7 Å². The van der Waals surface area contributed by atoms with Crippen LogP contribution in [0.3, 0.4) is 0 Å². The summed E-state index contributed by atoms with van der Waals surface area (Å²) in [4.78, 5) is 28.4. The number of carbonyl (C=O) groups excluding carboxylic acids is 1. The van der Waals surface area contributed by atoms with Crippen molar-refractivity contribution in [3.8, 4) is 0 Å². The molecule has 2 heterocycles. The summed E-state index contributed by atoms with van der Waals surface area (Å²) in [6, 6.07) is 10.6. The van der Waals surface area contributed by atoms with Crippen molar-refractivity contribution < 1.29 is 4.79 Å². The third-order valence-corrected chi connectivity index (χ3v) is 4.27. The highest BCUT2D eigenvalue weighted by atomic mass is 32.1. The molecule has 7 heteroatoms. The van der Waals surface area contributed by atoms with Crippen molar-refractivity contribution in [1.29, 1.82) is 0 Å². The number of nitrogens with one attached hydrogen (secondary N) is 1. The van der Waals surface area contributed by atoms with Crippen molar-refractivity contribution in [3.63, 3.8) is 0 Å². The second kappa shape index (κ2) is 6.76. The Bertz CT molecular complexity index is 928. The lowest BCUT2D eigenvalue weighted by molar-refractivity contribution is 0.102. The van der Waals surface area contributed by atoms with Crippen molar-refractivity contribution in [2.24, 2.45) is 0 Å². The molecule has 3 aromatic rings. The normalized spacial score (nSPS) is 10.6. The molecule has 24 heavy (non-hydrogen) atoms. The summed E-state index contributed by atoms with van der Waals surface area (Å²) in [5, 5.41) is 9.21. The number of carbonyl (C=O) groups is 1. The van der Waals surface area contributed by atoms with E-state index in [2.05, 4.69) is 15.4 Å². The Morgan fingerprint density at radius 2 is 1.92 bits per heavy atom. The Balaban J connectivity index is 1.81. The zero-order chi connectivity index (χ0) is 17.1. The van der Waals surface area contributed by atoms with Gasteiger partial charge in [0.15, 0.2) is 5.13 Å². The van der Waals surface area contributed by atoms with Gasteiger partial charge in [0.25, 0.3) is 11.5 Å². The van der Waals surface area contributed by atoms with Gasteiger partial charge in [-0.3, -0.25) is 14.9 Å². The van der Waals surface area contributed by atoms with Crippen LogP contribution in [-0.4, -0.2) is 20.7 Å². The number of aryl methyl sites for hydroxylation is 2. The summed E-state index contributed by atoms with van der Waals surface area (Å²) < 4.78 is 1.28. The van der Waals surface area contributed by atoms with Crippen LogP contribution in [-0.2, 0) is 6.54 Å². The van der Waals surface area contributed by atoms with Gasteiger partial charge in [-0.15, -0.1) is 11.3 Å². The van der Waals surface area contributed by atoms with E-state index in [1.54, 1.807) is 0 Å². The fourth-order valence-electron chi connectivity index (χ4n) is 2.12. The lowest BCUT2D eigenvalue weighted by Gasteiger charge is -2.07. The van der Waals surface area contributed by atoms with Gasteiger partial charge in [-0.05, 0) is 25.5 Å². The van der Waals surface area contributed by atoms with E-state index < -0.39 is 0 Å². The van der Waals surface area contributed by atoms with E-state index in [1.807, 2.05) is 43.5 Å². The van der Waals surface area contributed by atoms with Crippen LogP contribution in [0.1, 0.15) is 27.3 Å². The minimum absolute atomic E-state index is 0.176. The van der Waals surface area contributed by atoms with Crippen molar-refractivity contribution in [2.75, 3.05) is 5.32 Å². The Kier molecular flexibility index (Phi) is 4.52. The molecule has 3 rings (SSSR count). The summed E-state index contributed by atoms with van der Waals surface area (Å²) in [6.07, 6.45) is 0. The molecule has 0 unspecified atom stereocenters. The van der Waals surface area contributed by atoms with E-state index in [1.165, 1.54) is 28.2 Å². The van der Waals surface area contributed by atoms with Crippen LogP contribution in [0.4, 0.5) is 5.13 Å². The second-order valence-corrected chi connectivity index (χ2v) is 6.31. The molecule has 0 spiro atoms. The number of amides is 1. The highest BCUT2D eigenvalue weighted by molar-refractivity contribution is 7.13. The van der Waals surface area contributed by atoms with E-state index in [4.69, 9.17) is 0 Å². The standard InChI is InChI=1S/C17H16N4O2S/c1-11-3-5-13(6-4-11)9-21-15(22)8-7-14(20-21)16(23)19-17-18-12(2)10-24-17/h3-8,10H,9H2,1-2H3,(H,18,19,23). The maximum atomic E-state index is 12.3. The Morgan fingerprint density at radius 3 is 2.58 bits per heavy atom.